The van der Waals surface area contributed by atoms with Gasteiger partial charge in [-0.2, -0.15) is 5.10 Å². The standard InChI is InChI=1S/C10H16BrN3/c1-7-3-10(7)13-8(2)5-14-6-9(11)4-12-14/h4,6-8,10,13H,3,5H2,1-2H3. The molecule has 0 spiro atoms. The number of nitrogens with one attached hydrogen (secondary N) is 1. The fourth-order valence-corrected chi connectivity index (χ4v) is 2.02. The molecule has 0 saturated heterocycles. The lowest BCUT2D eigenvalue weighted by Crippen LogP contribution is -2.33. The summed E-state index contributed by atoms with van der Waals surface area (Å²) in [6, 6.07) is 1.24. The summed E-state index contributed by atoms with van der Waals surface area (Å²) in [6.45, 7) is 5.43. The summed E-state index contributed by atoms with van der Waals surface area (Å²) < 4.78 is 3.01. The van der Waals surface area contributed by atoms with Gasteiger partial charge in [0.1, 0.15) is 0 Å². The summed E-state index contributed by atoms with van der Waals surface area (Å²) in [5.41, 5.74) is 0. The van der Waals surface area contributed by atoms with Crippen LogP contribution in [0.4, 0.5) is 0 Å². The van der Waals surface area contributed by atoms with Crippen LogP contribution >= 0.6 is 15.9 Å². The SMILES string of the molecule is CC(Cn1cc(Br)cn1)NC1CC1C. The highest BCUT2D eigenvalue weighted by molar-refractivity contribution is 9.10. The smallest absolute Gasteiger partial charge is 0.0632 e. The summed E-state index contributed by atoms with van der Waals surface area (Å²) in [7, 11) is 0. The number of rotatable bonds is 4. The highest BCUT2D eigenvalue weighted by atomic mass is 79.9. The van der Waals surface area contributed by atoms with E-state index in [0.29, 0.717) is 6.04 Å². The van der Waals surface area contributed by atoms with Crippen LogP contribution in [0.5, 0.6) is 0 Å². The first-order valence-corrected chi connectivity index (χ1v) is 5.88. The third-order valence-electron chi connectivity index (χ3n) is 2.67. The van der Waals surface area contributed by atoms with Crippen LogP contribution in [0.2, 0.25) is 0 Å². The van der Waals surface area contributed by atoms with Gasteiger partial charge in [0.25, 0.3) is 0 Å². The predicted molar refractivity (Wildman–Crippen MR) is 60.1 cm³/mol. The van der Waals surface area contributed by atoms with Crippen molar-refractivity contribution in [2.75, 3.05) is 0 Å². The maximum atomic E-state index is 4.23. The molecular weight excluding hydrogens is 242 g/mol. The number of halogens is 1. The Morgan fingerprint density at radius 2 is 2.50 bits per heavy atom. The average molecular weight is 258 g/mol. The Labute approximate surface area is 93.0 Å². The molecule has 1 heterocycles. The summed E-state index contributed by atoms with van der Waals surface area (Å²) in [5, 5.41) is 7.82. The molecular formula is C10H16BrN3. The molecule has 78 valence electrons. The molecule has 14 heavy (non-hydrogen) atoms. The number of hydrogen-bond acceptors (Lipinski definition) is 2. The molecule has 1 aliphatic rings. The van der Waals surface area contributed by atoms with Gasteiger partial charge in [0, 0.05) is 18.3 Å². The van der Waals surface area contributed by atoms with Crippen molar-refractivity contribution in [3.63, 3.8) is 0 Å². The predicted octanol–water partition coefficient (Wildman–Crippen LogP) is 2.03. The molecule has 3 nitrogen and oxygen atoms in total. The summed E-state index contributed by atoms with van der Waals surface area (Å²) in [5.74, 6) is 0.863. The lowest BCUT2D eigenvalue weighted by molar-refractivity contribution is 0.442. The first-order valence-electron chi connectivity index (χ1n) is 5.09. The Hall–Kier alpha value is -0.350. The molecule has 0 radical (unpaired) electrons. The Morgan fingerprint density at radius 1 is 1.79 bits per heavy atom. The largest absolute Gasteiger partial charge is 0.309 e. The van der Waals surface area contributed by atoms with E-state index in [1.165, 1.54) is 6.42 Å². The van der Waals surface area contributed by atoms with Gasteiger partial charge in [0.15, 0.2) is 0 Å². The molecule has 0 aliphatic heterocycles. The number of hydrogen-bond donors (Lipinski definition) is 1. The zero-order valence-corrected chi connectivity index (χ0v) is 10.2. The van der Waals surface area contributed by atoms with E-state index >= 15 is 0 Å². The van der Waals surface area contributed by atoms with E-state index < -0.39 is 0 Å². The van der Waals surface area contributed by atoms with Gasteiger partial charge in [-0.1, -0.05) is 6.92 Å². The lowest BCUT2D eigenvalue weighted by atomic mass is 10.3. The minimum absolute atomic E-state index is 0.497. The van der Waals surface area contributed by atoms with E-state index in [4.69, 9.17) is 0 Å². The third kappa shape index (κ3) is 2.58. The Morgan fingerprint density at radius 3 is 3.00 bits per heavy atom. The molecule has 1 aliphatic carbocycles. The zero-order chi connectivity index (χ0) is 10.1. The third-order valence-corrected chi connectivity index (χ3v) is 3.08. The van der Waals surface area contributed by atoms with Crippen LogP contribution in [0.1, 0.15) is 20.3 Å². The second kappa shape index (κ2) is 4.03. The van der Waals surface area contributed by atoms with E-state index in [9.17, 15) is 0 Å². The quantitative estimate of drug-likeness (QED) is 0.895. The van der Waals surface area contributed by atoms with Gasteiger partial charge in [-0.15, -0.1) is 0 Å². The summed E-state index contributed by atoms with van der Waals surface area (Å²) in [6.07, 6.45) is 5.16. The van der Waals surface area contributed by atoms with Crippen molar-refractivity contribution in [1.29, 1.82) is 0 Å². The molecule has 3 atom stereocenters. The first-order chi connectivity index (χ1) is 6.65. The minimum atomic E-state index is 0.497. The van der Waals surface area contributed by atoms with Crippen molar-refractivity contribution in [2.45, 2.75) is 38.9 Å². The maximum absolute atomic E-state index is 4.23. The van der Waals surface area contributed by atoms with Crippen LogP contribution in [0, 0.1) is 5.92 Å². The first kappa shape index (κ1) is 10.2. The fraction of sp³-hybridized carbons (Fsp3) is 0.700. The van der Waals surface area contributed by atoms with Crippen LogP contribution in [0.25, 0.3) is 0 Å². The van der Waals surface area contributed by atoms with Gasteiger partial charge in [0.05, 0.1) is 17.2 Å². The van der Waals surface area contributed by atoms with Crippen LogP contribution in [-0.4, -0.2) is 21.9 Å². The second-order valence-electron chi connectivity index (χ2n) is 4.27. The van der Waals surface area contributed by atoms with Crippen LogP contribution in [0.3, 0.4) is 0 Å². The topological polar surface area (TPSA) is 29.9 Å². The van der Waals surface area contributed by atoms with Gasteiger partial charge in [-0.3, -0.25) is 4.68 Å². The molecule has 3 unspecified atom stereocenters. The highest BCUT2D eigenvalue weighted by Gasteiger charge is 2.33. The van der Waals surface area contributed by atoms with E-state index in [1.807, 2.05) is 17.1 Å². The van der Waals surface area contributed by atoms with Gasteiger partial charge >= 0.3 is 0 Å². The minimum Gasteiger partial charge on any atom is -0.309 e. The molecule has 4 heteroatoms. The van der Waals surface area contributed by atoms with Gasteiger partial charge < -0.3 is 5.32 Å². The number of aromatic nitrogens is 2. The normalized spacial score (nSPS) is 27.6. The van der Waals surface area contributed by atoms with Gasteiger partial charge in [0.2, 0.25) is 0 Å². The molecule has 0 bridgehead atoms. The summed E-state index contributed by atoms with van der Waals surface area (Å²) >= 11 is 3.39. The van der Waals surface area contributed by atoms with Crippen molar-refractivity contribution in [3.8, 4) is 0 Å². The molecule has 1 saturated carbocycles. The molecule has 1 fully saturated rings. The van der Waals surface area contributed by atoms with E-state index in [2.05, 4.69) is 40.2 Å². The summed E-state index contributed by atoms with van der Waals surface area (Å²) in [4.78, 5) is 0. The Kier molecular flexibility index (Phi) is 2.93. The molecule has 0 amide bonds. The van der Waals surface area contributed by atoms with E-state index in [0.717, 1.165) is 23.0 Å². The van der Waals surface area contributed by atoms with E-state index in [-0.39, 0.29) is 0 Å². The average Bonchev–Trinajstić information content (AvgIpc) is 2.59. The maximum Gasteiger partial charge on any atom is 0.0632 e. The molecule has 1 aromatic rings. The van der Waals surface area contributed by atoms with Crippen LogP contribution < -0.4 is 5.32 Å². The zero-order valence-electron chi connectivity index (χ0n) is 8.57. The fourth-order valence-electron chi connectivity index (χ4n) is 1.69. The van der Waals surface area contributed by atoms with Crippen LogP contribution in [0.15, 0.2) is 16.9 Å². The van der Waals surface area contributed by atoms with Crippen molar-refractivity contribution < 1.29 is 0 Å². The molecule has 1 N–H and O–H groups in total. The Balaban J connectivity index is 1.79. The molecule has 2 rings (SSSR count). The number of nitrogens with zero attached hydrogens (tertiary/aromatic N) is 2. The van der Waals surface area contributed by atoms with Crippen molar-refractivity contribution in [1.82, 2.24) is 15.1 Å². The van der Waals surface area contributed by atoms with Crippen LogP contribution in [-0.2, 0) is 6.54 Å². The Bertz CT molecular complexity index is 310. The molecule has 1 aromatic heterocycles. The van der Waals surface area contributed by atoms with Crippen molar-refractivity contribution in [2.24, 2.45) is 5.92 Å². The molecule has 0 aromatic carbocycles. The monoisotopic (exact) mass is 257 g/mol. The second-order valence-corrected chi connectivity index (χ2v) is 5.18. The van der Waals surface area contributed by atoms with E-state index in [1.54, 1.807) is 0 Å². The highest BCUT2D eigenvalue weighted by Crippen LogP contribution is 2.29. The van der Waals surface area contributed by atoms with Gasteiger partial charge in [-0.05, 0) is 35.2 Å². The van der Waals surface area contributed by atoms with Gasteiger partial charge in [-0.25, -0.2) is 0 Å². The lowest BCUT2D eigenvalue weighted by Gasteiger charge is -2.13. The van der Waals surface area contributed by atoms with Crippen molar-refractivity contribution in [3.05, 3.63) is 16.9 Å². The van der Waals surface area contributed by atoms with Crippen molar-refractivity contribution >= 4 is 15.9 Å².